The van der Waals surface area contributed by atoms with E-state index in [1.807, 2.05) is 83.5 Å². The molecular formula is C62H80N4O10. The van der Waals surface area contributed by atoms with Crippen molar-refractivity contribution in [3.05, 3.63) is 149 Å². The summed E-state index contributed by atoms with van der Waals surface area (Å²) in [6.45, 7) is 11.7. The Balaban J connectivity index is 0.000000250. The maximum atomic E-state index is 13.9. The predicted molar refractivity (Wildman–Crippen MR) is 302 cm³/mol. The van der Waals surface area contributed by atoms with Gasteiger partial charge in [0.25, 0.3) is 11.8 Å². The van der Waals surface area contributed by atoms with Crippen molar-refractivity contribution >= 4 is 24.0 Å². The van der Waals surface area contributed by atoms with Crippen molar-refractivity contribution < 1.29 is 47.9 Å². The van der Waals surface area contributed by atoms with E-state index in [9.17, 15) is 14.7 Å². The first-order valence-electron chi connectivity index (χ1n) is 26.4. The molecule has 2 fully saturated rings. The van der Waals surface area contributed by atoms with Crippen molar-refractivity contribution in [3.8, 4) is 40.2 Å². The van der Waals surface area contributed by atoms with E-state index in [2.05, 4.69) is 53.1 Å². The van der Waals surface area contributed by atoms with Crippen LogP contribution in [0.2, 0.25) is 0 Å². The van der Waals surface area contributed by atoms with Crippen LogP contribution in [-0.4, -0.2) is 157 Å². The van der Waals surface area contributed by atoms with Gasteiger partial charge in [0, 0.05) is 50.4 Å². The summed E-state index contributed by atoms with van der Waals surface area (Å²) in [5, 5.41) is 9.98. The molecule has 5 aromatic rings. The van der Waals surface area contributed by atoms with Crippen LogP contribution in [-0.2, 0) is 0 Å². The molecule has 2 saturated heterocycles. The second kappa shape index (κ2) is 30.5. The van der Waals surface area contributed by atoms with E-state index in [0.717, 1.165) is 99.3 Å². The highest BCUT2D eigenvalue weighted by molar-refractivity contribution is 5.96. The first kappa shape index (κ1) is 58.3. The molecule has 2 aliphatic heterocycles. The molecule has 2 atom stereocenters. The highest BCUT2D eigenvalue weighted by atomic mass is 16.5. The summed E-state index contributed by atoms with van der Waals surface area (Å²) in [7, 11) is 9.31. The number of aliphatic hydroxyl groups excluding tert-OH is 1. The standard InChI is InChI=1S/C34H42N2O5.C28H38N2O5/c1-26(21-27-13-7-5-8-14-27)24-36(34(37)28-22-31(38-2)33(40-4)32(23-28)39-3)20-12-19-35-18-11-17-30(25-35)41-29-15-9-6-10-16-29;1-21(16-22-10-6-5-7-11-22)19-30(15-9-14-29-13-8-12-24(31)20-29)28(32)23-17-25(33-2)27(35-4)26(18-23)34-3/h5-10,13-16,21-23,30H,11-12,17-20,24-25H2,1-4H3;5-7,10-11,16-18,24,31H,8-9,12-15,19-20H2,1-4H3/b26-21+;21-16+. The van der Waals surface area contributed by atoms with Crippen molar-refractivity contribution in [3.63, 3.8) is 0 Å². The van der Waals surface area contributed by atoms with E-state index in [1.54, 1.807) is 66.9 Å². The lowest BCUT2D eigenvalue weighted by Crippen LogP contribution is -2.42. The zero-order chi connectivity index (χ0) is 54.2. The number of para-hydroxylation sites is 1. The van der Waals surface area contributed by atoms with Gasteiger partial charge >= 0.3 is 0 Å². The van der Waals surface area contributed by atoms with Gasteiger partial charge < -0.3 is 53.0 Å². The lowest BCUT2D eigenvalue weighted by molar-refractivity contribution is 0.0646. The highest BCUT2D eigenvalue weighted by Gasteiger charge is 2.26. The van der Waals surface area contributed by atoms with Crippen LogP contribution in [0.25, 0.3) is 12.2 Å². The second-order valence-electron chi connectivity index (χ2n) is 19.4. The fraction of sp³-hybridized carbons (Fsp3) is 0.419. The molecule has 2 heterocycles. The van der Waals surface area contributed by atoms with Gasteiger partial charge in [0.15, 0.2) is 23.0 Å². The van der Waals surface area contributed by atoms with Gasteiger partial charge in [0.2, 0.25) is 11.5 Å². The van der Waals surface area contributed by atoms with Crippen LogP contribution in [0.4, 0.5) is 0 Å². The molecule has 0 aromatic heterocycles. The number of methoxy groups -OCH3 is 6. The second-order valence-corrected chi connectivity index (χ2v) is 19.4. The Kier molecular flexibility index (Phi) is 23.4. The number of β-amino-alcohol motifs (C(OH)–C–C–N with tert-alkyl or cyclic N) is 1. The number of aliphatic hydroxyl groups is 1. The first-order chi connectivity index (χ1) is 36.9. The van der Waals surface area contributed by atoms with E-state index < -0.39 is 0 Å². The monoisotopic (exact) mass is 1040 g/mol. The van der Waals surface area contributed by atoms with Gasteiger partial charge in [-0.3, -0.25) is 14.5 Å². The lowest BCUT2D eigenvalue weighted by Gasteiger charge is -2.33. The molecule has 408 valence electrons. The minimum absolute atomic E-state index is 0.0750. The molecular weight excluding hydrogens is 961 g/mol. The van der Waals surface area contributed by atoms with Gasteiger partial charge in [0.05, 0.1) is 48.8 Å². The molecule has 2 unspecified atom stereocenters. The molecule has 5 aromatic carbocycles. The van der Waals surface area contributed by atoms with Gasteiger partial charge in [-0.15, -0.1) is 0 Å². The van der Waals surface area contributed by atoms with Gasteiger partial charge in [-0.2, -0.15) is 0 Å². The number of hydrogen-bond acceptors (Lipinski definition) is 12. The Morgan fingerprint density at radius 1 is 0.553 bits per heavy atom. The van der Waals surface area contributed by atoms with Crippen LogP contribution in [0.15, 0.2) is 126 Å². The van der Waals surface area contributed by atoms with E-state index in [4.69, 9.17) is 33.2 Å². The quantitative estimate of drug-likeness (QED) is 0.0631. The molecule has 0 saturated carbocycles. The fourth-order valence-corrected chi connectivity index (χ4v) is 9.85. The number of carbonyl (C=O) groups excluding carboxylic acids is 2. The van der Waals surface area contributed by atoms with Crippen LogP contribution >= 0.6 is 0 Å². The Labute approximate surface area is 451 Å². The highest BCUT2D eigenvalue weighted by Crippen LogP contribution is 2.40. The Morgan fingerprint density at radius 3 is 1.34 bits per heavy atom. The zero-order valence-electron chi connectivity index (χ0n) is 46.0. The molecule has 2 aliphatic rings. The number of amides is 2. The van der Waals surface area contributed by atoms with Crippen LogP contribution in [0.5, 0.6) is 40.2 Å². The van der Waals surface area contributed by atoms with Crippen LogP contribution in [0, 0.1) is 0 Å². The van der Waals surface area contributed by atoms with Crippen LogP contribution < -0.4 is 33.2 Å². The number of ether oxygens (including phenoxy) is 7. The lowest BCUT2D eigenvalue weighted by atomic mass is 10.1. The molecule has 1 N–H and O–H groups in total. The zero-order valence-corrected chi connectivity index (χ0v) is 46.0. The summed E-state index contributed by atoms with van der Waals surface area (Å²) >= 11 is 0. The number of hydrogen-bond donors (Lipinski definition) is 1. The van der Waals surface area contributed by atoms with Crippen molar-refractivity contribution in [2.24, 2.45) is 0 Å². The van der Waals surface area contributed by atoms with Crippen molar-refractivity contribution in [1.82, 2.24) is 19.6 Å². The van der Waals surface area contributed by atoms with Gasteiger partial charge in [-0.25, -0.2) is 0 Å². The molecule has 0 aliphatic carbocycles. The number of piperidine rings is 2. The Bertz CT molecular complexity index is 2580. The van der Waals surface area contributed by atoms with Crippen molar-refractivity contribution in [2.75, 3.05) is 108 Å². The third-order valence-corrected chi connectivity index (χ3v) is 13.5. The summed E-state index contributed by atoms with van der Waals surface area (Å²) in [6, 6.07) is 37.2. The summed E-state index contributed by atoms with van der Waals surface area (Å²) in [5.41, 5.74) is 5.40. The normalized spacial score (nSPS) is 16.1. The topological polar surface area (TPSA) is 132 Å². The first-order valence-corrected chi connectivity index (χ1v) is 26.4. The molecule has 0 spiro atoms. The minimum Gasteiger partial charge on any atom is -0.493 e. The maximum Gasteiger partial charge on any atom is 0.254 e. The molecule has 7 rings (SSSR count). The number of likely N-dealkylation sites (tertiary alicyclic amines) is 2. The van der Waals surface area contributed by atoms with E-state index in [1.165, 1.54) is 0 Å². The maximum absolute atomic E-state index is 13.9. The summed E-state index contributed by atoms with van der Waals surface area (Å²) in [6.07, 6.45) is 9.87. The number of rotatable bonds is 24. The number of benzene rings is 5. The molecule has 0 bridgehead atoms. The third-order valence-electron chi connectivity index (χ3n) is 13.5. The number of nitrogens with zero attached hydrogens (tertiary/aromatic N) is 4. The minimum atomic E-state index is -0.253. The average molecular weight is 1040 g/mol. The largest absolute Gasteiger partial charge is 0.493 e. The van der Waals surface area contributed by atoms with E-state index >= 15 is 0 Å². The predicted octanol–water partition coefficient (Wildman–Crippen LogP) is 10.3. The van der Waals surface area contributed by atoms with Crippen LogP contribution in [0.1, 0.15) is 84.2 Å². The molecule has 76 heavy (non-hydrogen) atoms. The summed E-state index contributed by atoms with van der Waals surface area (Å²) < 4.78 is 39.1. The van der Waals surface area contributed by atoms with Gasteiger partial charge in [0.1, 0.15) is 11.9 Å². The Morgan fingerprint density at radius 2 is 0.947 bits per heavy atom. The van der Waals surface area contributed by atoms with E-state index in [0.29, 0.717) is 78.3 Å². The fourth-order valence-electron chi connectivity index (χ4n) is 9.85. The van der Waals surface area contributed by atoms with E-state index in [-0.39, 0.29) is 24.0 Å². The molecule has 14 heteroatoms. The number of carbonyl (C=O) groups is 2. The average Bonchev–Trinajstić information content (AvgIpc) is 3.44. The molecule has 0 radical (unpaired) electrons. The van der Waals surface area contributed by atoms with Crippen molar-refractivity contribution in [1.29, 1.82) is 0 Å². The summed E-state index contributed by atoms with van der Waals surface area (Å²) in [4.78, 5) is 36.1. The molecule has 2 amide bonds. The molecule has 14 nitrogen and oxygen atoms in total. The summed E-state index contributed by atoms with van der Waals surface area (Å²) in [5.74, 6) is 3.51. The third kappa shape index (κ3) is 17.5. The smallest absolute Gasteiger partial charge is 0.254 e. The van der Waals surface area contributed by atoms with Crippen LogP contribution in [0.3, 0.4) is 0 Å². The van der Waals surface area contributed by atoms with Gasteiger partial charge in [-0.1, -0.05) is 102 Å². The SMILES string of the molecule is COc1cc(C(=O)N(CCCN2CCCC(O)C2)C/C(C)=C/c2ccccc2)cc(OC)c1OC.COc1cc(C(=O)N(CCCN2CCCC(Oc3ccccc3)C2)C/C(C)=C/c2ccccc2)cc(OC)c1OC. The Hall–Kier alpha value is -7.00. The van der Waals surface area contributed by atoms with Gasteiger partial charge in [-0.05, 0) is 126 Å². The van der Waals surface area contributed by atoms with Crippen molar-refractivity contribution in [2.45, 2.75) is 64.6 Å².